The van der Waals surface area contributed by atoms with Crippen molar-refractivity contribution >= 4 is 23.2 Å². The van der Waals surface area contributed by atoms with Crippen LogP contribution < -0.4 is 10.1 Å². The standard InChI is InChI=1S/C19H22ClNO2/c1-3-14(2)17-6-4-5-7-18(17)21-19(22)12-13-23-16-10-8-15(20)9-11-16/h4-11,14H,3,12-13H2,1-2H3,(H,21,22). The van der Waals surface area contributed by atoms with Crippen molar-refractivity contribution in [2.75, 3.05) is 11.9 Å². The van der Waals surface area contributed by atoms with Crippen molar-refractivity contribution in [3.05, 3.63) is 59.1 Å². The number of carbonyl (C=O) groups excluding carboxylic acids is 1. The molecule has 2 aromatic carbocycles. The Labute approximate surface area is 142 Å². The normalized spacial score (nSPS) is 11.8. The van der Waals surface area contributed by atoms with Gasteiger partial charge >= 0.3 is 0 Å². The topological polar surface area (TPSA) is 38.3 Å². The maximum absolute atomic E-state index is 12.1. The van der Waals surface area contributed by atoms with Crippen molar-refractivity contribution in [2.45, 2.75) is 32.6 Å². The highest BCUT2D eigenvalue weighted by Crippen LogP contribution is 2.26. The third-order valence-electron chi connectivity index (χ3n) is 3.79. The Morgan fingerprint density at radius 1 is 1.17 bits per heavy atom. The molecular formula is C19H22ClNO2. The van der Waals surface area contributed by atoms with Crippen molar-refractivity contribution in [3.8, 4) is 5.75 Å². The van der Waals surface area contributed by atoms with Gasteiger partial charge in [-0.25, -0.2) is 0 Å². The summed E-state index contributed by atoms with van der Waals surface area (Å²) < 4.78 is 5.55. The Morgan fingerprint density at radius 3 is 2.57 bits per heavy atom. The van der Waals surface area contributed by atoms with E-state index in [2.05, 4.69) is 25.2 Å². The van der Waals surface area contributed by atoms with Gasteiger partial charge in [0.15, 0.2) is 0 Å². The van der Waals surface area contributed by atoms with E-state index >= 15 is 0 Å². The number of ether oxygens (including phenoxy) is 1. The predicted octanol–water partition coefficient (Wildman–Crippen LogP) is 5.26. The van der Waals surface area contributed by atoms with Crippen LogP contribution in [0.15, 0.2) is 48.5 Å². The van der Waals surface area contributed by atoms with Gasteiger partial charge in [0.25, 0.3) is 0 Å². The number of rotatable bonds is 7. The lowest BCUT2D eigenvalue weighted by molar-refractivity contribution is -0.116. The summed E-state index contributed by atoms with van der Waals surface area (Å²) in [5.41, 5.74) is 2.06. The van der Waals surface area contributed by atoms with Gasteiger partial charge in [0.1, 0.15) is 5.75 Å². The first-order valence-corrected chi connectivity index (χ1v) is 8.25. The number of anilines is 1. The SMILES string of the molecule is CCC(C)c1ccccc1NC(=O)CCOc1ccc(Cl)cc1. The Kier molecular flexibility index (Phi) is 6.48. The minimum Gasteiger partial charge on any atom is -0.493 e. The van der Waals surface area contributed by atoms with Gasteiger partial charge in [0.2, 0.25) is 5.91 Å². The molecule has 0 aromatic heterocycles. The number of benzene rings is 2. The molecule has 23 heavy (non-hydrogen) atoms. The van der Waals surface area contributed by atoms with E-state index in [0.29, 0.717) is 29.7 Å². The molecule has 0 fully saturated rings. The second-order valence-corrected chi connectivity index (χ2v) is 5.93. The molecule has 0 aliphatic rings. The van der Waals surface area contributed by atoms with E-state index in [0.717, 1.165) is 12.1 Å². The largest absolute Gasteiger partial charge is 0.493 e. The van der Waals surface area contributed by atoms with E-state index in [4.69, 9.17) is 16.3 Å². The van der Waals surface area contributed by atoms with Crippen molar-refractivity contribution in [1.29, 1.82) is 0 Å². The molecule has 0 heterocycles. The molecular weight excluding hydrogens is 310 g/mol. The zero-order chi connectivity index (χ0) is 16.7. The fourth-order valence-electron chi connectivity index (χ4n) is 2.27. The third kappa shape index (κ3) is 5.29. The molecule has 0 spiro atoms. The summed E-state index contributed by atoms with van der Waals surface area (Å²) in [6, 6.07) is 15.1. The fraction of sp³-hybridized carbons (Fsp3) is 0.316. The molecule has 4 heteroatoms. The highest BCUT2D eigenvalue weighted by Gasteiger charge is 2.11. The number of halogens is 1. The Balaban J connectivity index is 1.86. The maximum Gasteiger partial charge on any atom is 0.227 e. The number of para-hydroxylation sites is 1. The van der Waals surface area contributed by atoms with E-state index in [9.17, 15) is 4.79 Å². The smallest absolute Gasteiger partial charge is 0.227 e. The molecule has 3 nitrogen and oxygen atoms in total. The van der Waals surface area contributed by atoms with Gasteiger partial charge in [-0.2, -0.15) is 0 Å². The highest BCUT2D eigenvalue weighted by atomic mass is 35.5. The Hall–Kier alpha value is -2.00. The van der Waals surface area contributed by atoms with Crippen LogP contribution in [-0.2, 0) is 4.79 Å². The molecule has 1 unspecified atom stereocenters. The van der Waals surface area contributed by atoms with Gasteiger partial charge < -0.3 is 10.1 Å². The first-order chi connectivity index (χ1) is 11.1. The average Bonchev–Trinajstić information content (AvgIpc) is 2.56. The molecule has 0 saturated heterocycles. The summed E-state index contributed by atoms with van der Waals surface area (Å²) in [5.74, 6) is 1.08. The zero-order valence-corrected chi connectivity index (χ0v) is 14.3. The molecule has 0 saturated carbocycles. The van der Waals surface area contributed by atoms with Gasteiger partial charge in [-0.05, 0) is 48.2 Å². The second kappa shape index (κ2) is 8.59. The molecule has 0 aliphatic carbocycles. The zero-order valence-electron chi connectivity index (χ0n) is 13.5. The van der Waals surface area contributed by atoms with E-state index in [1.807, 2.05) is 18.2 Å². The van der Waals surface area contributed by atoms with E-state index < -0.39 is 0 Å². The van der Waals surface area contributed by atoms with Gasteiger partial charge in [0, 0.05) is 10.7 Å². The lowest BCUT2D eigenvalue weighted by atomic mass is 9.97. The van der Waals surface area contributed by atoms with Crippen LogP contribution >= 0.6 is 11.6 Å². The van der Waals surface area contributed by atoms with Crippen molar-refractivity contribution in [2.24, 2.45) is 0 Å². The van der Waals surface area contributed by atoms with Crippen LogP contribution in [0.1, 0.15) is 38.2 Å². The van der Waals surface area contributed by atoms with Crippen molar-refractivity contribution < 1.29 is 9.53 Å². The minimum absolute atomic E-state index is 0.0466. The van der Waals surface area contributed by atoms with Crippen molar-refractivity contribution in [3.63, 3.8) is 0 Å². The van der Waals surface area contributed by atoms with Crippen LogP contribution in [0.3, 0.4) is 0 Å². The average molecular weight is 332 g/mol. The summed E-state index contributed by atoms with van der Waals surface area (Å²) in [6.07, 6.45) is 1.34. The van der Waals surface area contributed by atoms with Crippen LogP contribution in [0.4, 0.5) is 5.69 Å². The quantitative estimate of drug-likeness (QED) is 0.751. The summed E-state index contributed by atoms with van der Waals surface area (Å²) in [5, 5.41) is 3.64. The van der Waals surface area contributed by atoms with Crippen LogP contribution in [0, 0.1) is 0 Å². The van der Waals surface area contributed by atoms with Gasteiger partial charge in [-0.3, -0.25) is 4.79 Å². The van der Waals surface area contributed by atoms with Gasteiger partial charge in [0.05, 0.1) is 13.0 Å². The first-order valence-electron chi connectivity index (χ1n) is 7.87. The second-order valence-electron chi connectivity index (χ2n) is 5.50. The lowest BCUT2D eigenvalue weighted by Gasteiger charge is -2.15. The molecule has 1 atom stereocenters. The molecule has 0 radical (unpaired) electrons. The number of hydrogen-bond donors (Lipinski definition) is 1. The van der Waals surface area contributed by atoms with Crippen molar-refractivity contribution in [1.82, 2.24) is 0 Å². The molecule has 0 aliphatic heterocycles. The Morgan fingerprint density at radius 2 is 1.87 bits per heavy atom. The highest BCUT2D eigenvalue weighted by molar-refractivity contribution is 6.30. The first kappa shape index (κ1) is 17.4. The summed E-state index contributed by atoms with van der Waals surface area (Å²) >= 11 is 5.82. The van der Waals surface area contributed by atoms with Crippen LogP contribution in [-0.4, -0.2) is 12.5 Å². The summed E-state index contributed by atoms with van der Waals surface area (Å²) in [7, 11) is 0. The fourth-order valence-corrected chi connectivity index (χ4v) is 2.39. The summed E-state index contributed by atoms with van der Waals surface area (Å²) in [4.78, 5) is 12.1. The predicted molar refractivity (Wildman–Crippen MR) is 95.3 cm³/mol. The molecule has 1 N–H and O–H groups in total. The van der Waals surface area contributed by atoms with Crippen LogP contribution in [0.2, 0.25) is 5.02 Å². The third-order valence-corrected chi connectivity index (χ3v) is 4.04. The molecule has 1 amide bonds. The maximum atomic E-state index is 12.1. The monoisotopic (exact) mass is 331 g/mol. The van der Waals surface area contributed by atoms with Crippen LogP contribution in [0.25, 0.3) is 0 Å². The summed E-state index contributed by atoms with van der Waals surface area (Å²) in [6.45, 7) is 4.64. The molecule has 0 bridgehead atoms. The lowest BCUT2D eigenvalue weighted by Crippen LogP contribution is -2.16. The van der Waals surface area contributed by atoms with E-state index in [1.54, 1.807) is 24.3 Å². The number of hydrogen-bond acceptors (Lipinski definition) is 2. The molecule has 2 rings (SSSR count). The van der Waals surface area contributed by atoms with E-state index in [1.165, 1.54) is 5.56 Å². The Bertz CT molecular complexity index is 640. The number of carbonyl (C=O) groups is 1. The van der Waals surface area contributed by atoms with E-state index in [-0.39, 0.29) is 5.91 Å². The number of amides is 1. The minimum atomic E-state index is -0.0466. The van der Waals surface area contributed by atoms with Crippen LogP contribution in [0.5, 0.6) is 5.75 Å². The molecule has 2 aromatic rings. The molecule has 122 valence electrons. The number of nitrogens with one attached hydrogen (secondary N) is 1. The van der Waals surface area contributed by atoms with Gasteiger partial charge in [-0.15, -0.1) is 0 Å². The van der Waals surface area contributed by atoms with Gasteiger partial charge in [-0.1, -0.05) is 43.6 Å².